The number of rotatable bonds is 6. The van der Waals surface area contributed by atoms with E-state index < -0.39 is 0 Å². The van der Waals surface area contributed by atoms with Crippen LogP contribution in [0.1, 0.15) is 12.5 Å². The second-order valence-electron chi connectivity index (χ2n) is 4.67. The van der Waals surface area contributed by atoms with Crippen LogP contribution in [0.4, 0.5) is 5.69 Å². The summed E-state index contributed by atoms with van der Waals surface area (Å²) >= 11 is 11.8. The first-order chi connectivity index (χ1) is 11.5. The highest BCUT2D eigenvalue weighted by Gasteiger charge is 2.11. The first-order valence-electron chi connectivity index (χ1n) is 7.08. The summed E-state index contributed by atoms with van der Waals surface area (Å²) in [5.41, 5.74) is 0.891. The standard InChI is InChI=1S/C17H14Cl2N2O3/c1-2-23-16-7-11(9-20)3-6-15(16)24-10-17(22)21-14-5-4-12(18)8-13(14)19/h3-8H,2,10H2,1H3,(H,21,22). The van der Waals surface area contributed by atoms with Crippen molar-refractivity contribution < 1.29 is 14.3 Å². The number of ether oxygens (including phenoxy) is 2. The Balaban J connectivity index is 2.02. The second kappa shape index (κ2) is 8.44. The zero-order chi connectivity index (χ0) is 17.5. The third-order valence-corrected chi connectivity index (χ3v) is 3.48. The Kier molecular flexibility index (Phi) is 6.30. The molecule has 0 aliphatic rings. The van der Waals surface area contributed by atoms with Crippen molar-refractivity contribution in [2.45, 2.75) is 6.92 Å². The Morgan fingerprint density at radius 1 is 1.17 bits per heavy atom. The number of hydrogen-bond donors (Lipinski definition) is 1. The van der Waals surface area contributed by atoms with Crippen molar-refractivity contribution in [3.05, 3.63) is 52.0 Å². The minimum Gasteiger partial charge on any atom is -0.490 e. The maximum Gasteiger partial charge on any atom is 0.262 e. The minimum absolute atomic E-state index is 0.231. The number of nitrogens with zero attached hydrogens (tertiary/aromatic N) is 1. The molecule has 0 saturated carbocycles. The van der Waals surface area contributed by atoms with Gasteiger partial charge in [-0.3, -0.25) is 4.79 Å². The van der Waals surface area contributed by atoms with Crippen molar-refractivity contribution in [2.75, 3.05) is 18.5 Å². The van der Waals surface area contributed by atoms with Gasteiger partial charge in [0.25, 0.3) is 5.91 Å². The van der Waals surface area contributed by atoms with Gasteiger partial charge in [-0.1, -0.05) is 23.2 Å². The number of benzene rings is 2. The number of carbonyl (C=O) groups is 1. The molecule has 0 atom stereocenters. The molecule has 7 heteroatoms. The fourth-order valence-electron chi connectivity index (χ4n) is 1.89. The number of hydrogen-bond acceptors (Lipinski definition) is 4. The summed E-state index contributed by atoms with van der Waals surface area (Å²) in [4.78, 5) is 12.0. The third-order valence-electron chi connectivity index (χ3n) is 2.94. The minimum atomic E-state index is -0.383. The highest BCUT2D eigenvalue weighted by molar-refractivity contribution is 6.36. The fraction of sp³-hybridized carbons (Fsp3) is 0.176. The summed E-state index contributed by atoms with van der Waals surface area (Å²) in [6, 6.07) is 11.5. The van der Waals surface area contributed by atoms with Gasteiger partial charge in [0.15, 0.2) is 18.1 Å². The van der Waals surface area contributed by atoms with Crippen LogP contribution in [0, 0.1) is 11.3 Å². The lowest BCUT2D eigenvalue weighted by molar-refractivity contribution is -0.118. The summed E-state index contributed by atoms with van der Waals surface area (Å²) in [5.74, 6) is 0.410. The summed E-state index contributed by atoms with van der Waals surface area (Å²) in [5, 5.41) is 12.4. The van der Waals surface area contributed by atoms with Crippen molar-refractivity contribution in [1.82, 2.24) is 0 Å². The smallest absolute Gasteiger partial charge is 0.262 e. The van der Waals surface area contributed by atoms with Gasteiger partial charge in [-0.15, -0.1) is 0 Å². The largest absolute Gasteiger partial charge is 0.490 e. The van der Waals surface area contributed by atoms with E-state index in [2.05, 4.69) is 5.32 Å². The van der Waals surface area contributed by atoms with Crippen molar-refractivity contribution in [3.63, 3.8) is 0 Å². The van der Waals surface area contributed by atoms with E-state index in [0.717, 1.165) is 0 Å². The van der Waals surface area contributed by atoms with E-state index in [1.165, 1.54) is 6.07 Å². The Morgan fingerprint density at radius 2 is 1.96 bits per heavy atom. The molecular weight excluding hydrogens is 351 g/mol. The van der Waals surface area contributed by atoms with Gasteiger partial charge in [0.2, 0.25) is 0 Å². The first-order valence-corrected chi connectivity index (χ1v) is 7.83. The Morgan fingerprint density at radius 3 is 2.62 bits per heavy atom. The molecule has 0 heterocycles. The number of carbonyl (C=O) groups excluding carboxylic acids is 1. The zero-order valence-corrected chi connectivity index (χ0v) is 14.3. The van der Waals surface area contributed by atoms with Crippen molar-refractivity contribution in [1.29, 1.82) is 5.26 Å². The van der Waals surface area contributed by atoms with Gasteiger partial charge in [0, 0.05) is 11.1 Å². The lowest BCUT2D eigenvalue weighted by Crippen LogP contribution is -2.20. The molecule has 0 aromatic heterocycles. The van der Waals surface area contributed by atoms with Gasteiger partial charge < -0.3 is 14.8 Å². The van der Waals surface area contributed by atoms with Crippen LogP contribution in [0.2, 0.25) is 10.0 Å². The number of amides is 1. The molecule has 24 heavy (non-hydrogen) atoms. The molecule has 0 aliphatic heterocycles. The highest BCUT2D eigenvalue weighted by Crippen LogP contribution is 2.29. The van der Waals surface area contributed by atoms with Crippen molar-refractivity contribution in [3.8, 4) is 17.6 Å². The zero-order valence-electron chi connectivity index (χ0n) is 12.8. The van der Waals surface area contributed by atoms with E-state index in [4.69, 9.17) is 37.9 Å². The van der Waals surface area contributed by atoms with E-state index in [1.807, 2.05) is 13.0 Å². The molecule has 0 radical (unpaired) electrons. The summed E-state index contributed by atoms with van der Waals surface area (Å²) in [7, 11) is 0. The second-order valence-corrected chi connectivity index (χ2v) is 5.51. The summed E-state index contributed by atoms with van der Waals surface area (Å²) in [6.45, 7) is 2.00. The molecule has 1 N–H and O–H groups in total. The highest BCUT2D eigenvalue weighted by atomic mass is 35.5. The molecule has 124 valence electrons. The Bertz CT molecular complexity index is 788. The first kappa shape index (κ1) is 17.9. The van der Waals surface area contributed by atoms with Crippen molar-refractivity contribution >= 4 is 34.8 Å². The van der Waals surface area contributed by atoms with Crippen LogP contribution in [0.25, 0.3) is 0 Å². The molecular formula is C17H14Cl2N2O3. The third kappa shape index (κ3) is 4.79. The monoisotopic (exact) mass is 364 g/mol. The van der Waals surface area contributed by atoms with Crippen LogP contribution in [0.15, 0.2) is 36.4 Å². The maximum absolute atomic E-state index is 12.0. The lowest BCUT2D eigenvalue weighted by atomic mass is 10.2. The Labute approximate surface area is 149 Å². The van der Waals surface area contributed by atoms with Gasteiger partial charge in [-0.05, 0) is 37.3 Å². The normalized spacial score (nSPS) is 9.92. The summed E-state index contributed by atoms with van der Waals surface area (Å²) < 4.78 is 10.9. The average molecular weight is 365 g/mol. The van der Waals surface area contributed by atoms with E-state index >= 15 is 0 Å². The van der Waals surface area contributed by atoms with Gasteiger partial charge in [0.05, 0.1) is 28.9 Å². The molecule has 0 unspecified atom stereocenters. The van der Waals surface area contributed by atoms with Gasteiger partial charge in [-0.2, -0.15) is 5.26 Å². The number of halogens is 2. The number of nitriles is 1. The van der Waals surface area contributed by atoms with Crippen LogP contribution >= 0.6 is 23.2 Å². The van der Waals surface area contributed by atoms with Crippen LogP contribution in [-0.2, 0) is 4.79 Å². The molecule has 0 saturated heterocycles. The van der Waals surface area contributed by atoms with E-state index in [-0.39, 0.29) is 12.5 Å². The molecule has 0 fully saturated rings. The van der Waals surface area contributed by atoms with E-state index in [0.29, 0.717) is 39.4 Å². The number of nitrogens with one attached hydrogen (secondary N) is 1. The molecule has 0 spiro atoms. The fourth-order valence-corrected chi connectivity index (χ4v) is 2.34. The average Bonchev–Trinajstić information content (AvgIpc) is 2.56. The van der Waals surface area contributed by atoms with Gasteiger partial charge in [-0.25, -0.2) is 0 Å². The van der Waals surface area contributed by atoms with Crippen LogP contribution in [0.3, 0.4) is 0 Å². The van der Waals surface area contributed by atoms with Gasteiger partial charge >= 0.3 is 0 Å². The summed E-state index contributed by atoms with van der Waals surface area (Å²) in [6.07, 6.45) is 0. The molecule has 0 bridgehead atoms. The maximum atomic E-state index is 12.0. The molecule has 0 aliphatic carbocycles. The van der Waals surface area contributed by atoms with Crippen LogP contribution in [-0.4, -0.2) is 19.1 Å². The van der Waals surface area contributed by atoms with Crippen LogP contribution in [0.5, 0.6) is 11.5 Å². The van der Waals surface area contributed by atoms with E-state index in [1.54, 1.807) is 30.3 Å². The molecule has 2 aromatic rings. The van der Waals surface area contributed by atoms with E-state index in [9.17, 15) is 4.79 Å². The SMILES string of the molecule is CCOc1cc(C#N)ccc1OCC(=O)Nc1ccc(Cl)cc1Cl. The molecule has 2 aromatic carbocycles. The number of anilines is 1. The molecule has 2 rings (SSSR count). The molecule has 5 nitrogen and oxygen atoms in total. The van der Waals surface area contributed by atoms with Crippen molar-refractivity contribution in [2.24, 2.45) is 0 Å². The Hall–Kier alpha value is -2.42. The van der Waals surface area contributed by atoms with Gasteiger partial charge in [0.1, 0.15) is 0 Å². The predicted molar refractivity (Wildman–Crippen MR) is 92.9 cm³/mol. The van der Waals surface area contributed by atoms with Crippen LogP contribution < -0.4 is 14.8 Å². The topological polar surface area (TPSA) is 71.3 Å². The quantitative estimate of drug-likeness (QED) is 0.829. The predicted octanol–water partition coefficient (Wildman–Crippen LogP) is 4.28. The molecule has 1 amide bonds. The lowest BCUT2D eigenvalue weighted by Gasteiger charge is -2.12.